The van der Waals surface area contributed by atoms with Crippen molar-refractivity contribution in [1.29, 1.82) is 0 Å². The Morgan fingerprint density at radius 2 is 1.13 bits per heavy atom. The maximum Gasteiger partial charge on any atom is 1.00 e. The van der Waals surface area contributed by atoms with Gasteiger partial charge in [-0.05, 0) is 80.5 Å². The van der Waals surface area contributed by atoms with Crippen molar-refractivity contribution >= 4 is 132 Å². The Morgan fingerprint density at radius 1 is 0.667 bits per heavy atom. The zero-order valence-corrected chi connectivity index (χ0v) is 52.9. The summed E-state index contributed by atoms with van der Waals surface area (Å²) in [6.45, 7) is 0. The van der Waals surface area contributed by atoms with E-state index in [0.29, 0.717) is 50.9 Å². The molecule has 0 aliphatic carbocycles. The molecule has 3 aromatic rings. The second kappa shape index (κ2) is 40.1. The molecule has 0 aliphatic heterocycles. The molecule has 318 valence electrons. The third-order valence-electron chi connectivity index (χ3n) is 5.25. The summed E-state index contributed by atoms with van der Waals surface area (Å²) in [6, 6.07) is 5.57. The number of rotatable bonds is 20. The number of unbranched alkanes of at least 4 members (excludes halogenated alkanes) is 1. The molecule has 37 heteroatoms. The summed E-state index contributed by atoms with van der Waals surface area (Å²) in [6.07, 6.45) is 3.38. The van der Waals surface area contributed by atoms with Gasteiger partial charge in [-0.25, -0.2) is 42.1 Å². The molecule has 2 heterocycles. The molecule has 2 aromatic heterocycles. The molecular weight excluding hydrogens is 1090 g/mol. The minimum absolute atomic E-state index is 0. The van der Waals surface area contributed by atoms with E-state index in [1.807, 2.05) is 0 Å². The maximum atomic E-state index is 10.8. The molecular formula is C23H34N5Na5O15S12. The number of thiol groups is 1. The maximum absolute atomic E-state index is 10.8. The van der Waals surface area contributed by atoms with Crippen LogP contribution in [0.15, 0.2) is 39.8 Å². The van der Waals surface area contributed by atoms with Crippen LogP contribution in [-0.4, -0.2) is 136 Å². The van der Waals surface area contributed by atoms with Crippen molar-refractivity contribution in [1.82, 2.24) is 25.0 Å². The number of H-pyrrole nitrogens is 2. The first-order valence-corrected chi connectivity index (χ1v) is 28.1. The first-order chi connectivity index (χ1) is 25.2. The van der Waals surface area contributed by atoms with E-state index in [9.17, 15) is 64.9 Å². The fourth-order valence-corrected chi connectivity index (χ4v) is 10.8. The third kappa shape index (κ3) is 47.4. The number of hydrogen-bond acceptors (Lipinski definition) is 24. The average molecular weight is 1120 g/mol. The van der Waals surface area contributed by atoms with Crippen LogP contribution in [0.1, 0.15) is 32.1 Å². The predicted octanol–water partition coefficient (Wildman–Crippen LogP) is -12.4. The van der Waals surface area contributed by atoms with Crippen LogP contribution in [0.3, 0.4) is 0 Å². The Bertz CT molecular complexity index is 2220. The minimum atomic E-state index is -4.46. The zero-order chi connectivity index (χ0) is 42.3. The van der Waals surface area contributed by atoms with Gasteiger partial charge in [0.2, 0.25) is 0 Å². The zero-order valence-electron chi connectivity index (χ0n) is 33.0. The van der Waals surface area contributed by atoms with Crippen LogP contribution in [0, 0.1) is 8.73 Å². The molecule has 0 saturated carbocycles. The number of hydrogen-bond donors (Lipinski definition) is 3. The van der Waals surface area contributed by atoms with E-state index in [1.54, 1.807) is 6.07 Å². The third-order valence-corrected chi connectivity index (χ3v) is 14.7. The van der Waals surface area contributed by atoms with Gasteiger partial charge in [-0.3, -0.25) is 14.8 Å². The number of nitrogens with one attached hydrogen (secondary N) is 2. The van der Waals surface area contributed by atoms with Crippen LogP contribution in [0.4, 0.5) is 0 Å². The Hall–Kier alpha value is 4.31. The van der Waals surface area contributed by atoms with E-state index < -0.39 is 50.6 Å². The fraction of sp³-hybridized carbons (Fsp3) is 0.565. The van der Waals surface area contributed by atoms with Crippen LogP contribution in [0.25, 0.3) is 5.69 Å². The molecule has 0 saturated heterocycles. The number of nitrogens with zero attached hydrogens (tertiary/aromatic N) is 3. The summed E-state index contributed by atoms with van der Waals surface area (Å²) in [5.74, 6) is 0.866. The van der Waals surface area contributed by atoms with Crippen molar-refractivity contribution in [3.05, 3.63) is 39.3 Å². The van der Waals surface area contributed by atoms with Gasteiger partial charge in [0.25, 0.3) is 0 Å². The smallest absolute Gasteiger partial charge is 0.748 e. The minimum Gasteiger partial charge on any atom is -0.748 e. The van der Waals surface area contributed by atoms with Crippen LogP contribution >= 0.6 is 81.8 Å². The van der Waals surface area contributed by atoms with Crippen molar-refractivity contribution in [3.63, 3.8) is 0 Å². The summed E-state index contributed by atoms with van der Waals surface area (Å²) in [4.78, 5) is -0.298. The Labute approximate surface area is 493 Å². The molecule has 0 radical (unpaired) electrons. The van der Waals surface area contributed by atoms with Gasteiger partial charge in [0, 0.05) is 40.3 Å². The average Bonchev–Trinajstić information content (AvgIpc) is 3.67. The predicted molar refractivity (Wildman–Crippen MR) is 215 cm³/mol. The van der Waals surface area contributed by atoms with E-state index in [1.165, 1.54) is 73.8 Å². The summed E-state index contributed by atoms with van der Waals surface area (Å²) in [7, 11) is -18.0. The summed E-state index contributed by atoms with van der Waals surface area (Å²) in [5.41, 5.74) is 0.468. The molecule has 0 fully saturated rings. The van der Waals surface area contributed by atoms with Gasteiger partial charge in [-0.15, -0.1) is 0 Å². The van der Waals surface area contributed by atoms with E-state index in [4.69, 9.17) is 24.4 Å². The second-order valence-corrected chi connectivity index (χ2v) is 23.9. The molecule has 0 aliphatic rings. The molecule has 0 spiro atoms. The Kier molecular flexibility index (Phi) is 50.6. The standard InChI is InChI=1S/C8H7N3O3S2.C6H10N2O3S4.C6H14O6S4.C3H8O3S2.5Na/c12-16(13,14)7-3-1-2-6(4-7)11-5-9-10-8(11)15;9-15(10,11)4-2-1-3-13-6-8-7-5(12)14-6;7-15(8,9)5-1-3-13-14-4-2-6-16(10,11)12;4-8(5,6)3-1-2-7;;;;;/h1-5H,(H,10,15)(H,12,13,14);1-4H2,(H,7,12)(H,9,10,11);1-6H2,(H,7,8,9)(H,10,11,12);7H,1-3H2,(H,4,5,6);;;;;/q;;;;5*+1/p-5. The monoisotopic (exact) mass is 1120 g/mol. The summed E-state index contributed by atoms with van der Waals surface area (Å²) in [5, 5.41) is 12.8. The fourth-order valence-electron chi connectivity index (χ4n) is 2.99. The largest absolute Gasteiger partial charge is 1.00 e. The summed E-state index contributed by atoms with van der Waals surface area (Å²) < 4.78 is 157. The quantitative estimate of drug-likeness (QED) is 0.0180. The van der Waals surface area contributed by atoms with Gasteiger partial charge < -0.3 is 22.8 Å². The number of thioether (sulfide) groups is 1. The van der Waals surface area contributed by atoms with E-state index in [0.717, 1.165) is 10.1 Å². The molecule has 3 rings (SSSR count). The van der Waals surface area contributed by atoms with Crippen molar-refractivity contribution in [3.8, 4) is 5.69 Å². The van der Waals surface area contributed by atoms with Gasteiger partial charge in [0.05, 0.1) is 51.1 Å². The summed E-state index contributed by atoms with van der Waals surface area (Å²) >= 11 is 16.4. The first kappa shape index (κ1) is 75.8. The molecule has 0 atom stereocenters. The van der Waals surface area contributed by atoms with Gasteiger partial charge in [-0.1, -0.05) is 50.8 Å². The molecule has 2 N–H and O–H groups in total. The second-order valence-electron chi connectivity index (χ2n) is 9.89. The molecule has 60 heavy (non-hydrogen) atoms. The Morgan fingerprint density at radius 3 is 1.50 bits per heavy atom. The molecule has 1 aromatic carbocycles. The van der Waals surface area contributed by atoms with Crippen LogP contribution in [0.2, 0.25) is 0 Å². The van der Waals surface area contributed by atoms with Crippen molar-refractivity contribution in [2.24, 2.45) is 0 Å². The first-order valence-electron chi connectivity index (χ1n) is 14.7. The molecule has 20 nitrogen and oxygen atoms in total. The van der Waals surface area contributed by atoms with Gasteiger partial charge in [0.1, 0.15) is 16.4 Å². The van der Waals surface area contributed by atoms with E-state index in [2.05, 4.69) is 33.0 Å². The van der Waals surface area contributed by atoms with E-state index in [-0.39, 0.29) is 189 Å². The number of aromatic amines is 2. The van der Waals surface area contributed by atoms with Crippen LogP contribution < -0.4 is 148 Å². The van der Waals surface area contributed by atoms with Crippen molar-refractivity contribution in [2.45, 2.75) is 41.3 Å². The van der Waals surface area contributed by atoms with Crippen molar-refractivity contribution < 1.29 is 213 Å². The van der Waals surface area contributed by atoms with Gasteiger partial charge in [0.15, 0.2) is 13.1 Å². The molecule has 0 bridgehead atoms. The number of aromatic nitrogens is 5. The SMILES string of the molecule is O=S(=O)([O-])CCCCSc1n[nH]c(=S)s1.O=S(=O)([O-])CCCS.O=S(=O)([O-])CCCSSCCCS(=O)(=O)[O-].O=S(=O)([O-])c1cccc(-n2cn[nH]c2=S)c1.[Na+].[Na+].[Na+].[Na+].[Na+]. The van der Waals surface area contributed by atoms with Gasteiger partial charge >= 0.3 is 148 Å². The Balaban J connectivity index is -0.000000161. The number of benzene rings is 1. The normalized spacial score (nSPS) is 11.0. The molecule has 0 unspecified atom stereocenters. The van der Waals surface area contributed by atoms with Crippen LogP contribution in [0.5, 0.6) is 0 Å². The van der Waals surface area contributed by atoms with Crippen molar-refractivity contribution in [2.75, 3.05) is 46.0 Å². The van der Waals surface area contributed by atoms with Crippen LogP contribution in [-0.2, 0) is 50.6 Å². The van der Waals surface area contributed by atoms with Gasteiger partial charge in [-0.2, -0.15) is 22.8 Å². The van der Waals surface area contributed by atoms with E-state index >= 15 is 0 Å². The topological polar surface area (TPSA) is 348 Å². The molecule has 0 amide bonds.